The zero-order valence-corrected chi connectivity index (χ0v) is 13.3. The Morgan fingerprint density at radius 3 is 2.83 bits per heavy atom. The molecule has 0 saturated carbocycles. The molecule has 4 nitrogen and oxygen atoms in total. The first-order chi connectivity index (χ1) is 11.3. The van der Waals surface area contributed by atoms with Gasteiger partial charge in [-0.3, -0.25) is 4.79 Å². The van der Waals surface area contributed by atoms with Crippen LogP contribution in [0.15, 0.2) is 47.1 Å². The second-order valence-corrected chi connectivity index (χ2v) is 6.49. The van der Waals surface area contributed by atoms with Crippen molar-refractivity contribution in [1.29, 1.82) is 0 Å². The second kappa shape index (κ2) is 6.11. The molecule has 0 N–H and O–H groups in total. The molecule has 0 aliphatic carbocycles. The number of likely N-dealkylation sites (tertiary alicyclic amines) is 1. The molecular weight excluding hydrogens is 288 g/mol. The molecule has 0 spiro atoms. The van der Waals surface area contributed by atoms with Crippen molar-refractivity contribution in [2.75, 3.05) is 24.5 Å². The maximum atomic E-state index is 11.8. The molecule has 2 aromatic rings. The van der Waals surface area contributed by atoms with Crippen molar-refractivity contribution >= 4 is 11.6 Å². The number of hydrogen-bond donors (Lipinski definition) is 0. The van der Waals surface area contributed by atoms with Gasteiger partial charge in [0.2, 0.25) is 5.91 Å². The van der Waals surface area contributed by atoms with E-state index in [1.807, 2.05) is 17.0 Å². The van der Waals surface area contributed by atoms with Gasteiger partial charge >= 0.3 is 0 Å². The zero-order valence-electron chi connectivity index (χ0n) is 13.3. The molecule has 1 aromatic heterocycles. The fraction of sp³-hybridized carbons (Fsp3) is 0.421. The first kappa shape index (κ1) is 14.4. The van der Waals surface area contributed by atoms with Gasteiger partial charge in [0.25, 0.3) is 0 Å². The fourth-order valence-corrected chi connectivity index (χ4v) is 3.82. The number of para-hydroxylation sites is 1. The Hall–Kier alpha value is -2.23. The molecule has 0 radical (unpaired) electrons. The SMILES string of the molecule is O=C1CCCN1CC[C@H]1CN(Cc2ccco2)c2ccccc21. The summed E-state index contributed by atoms with van der Waals surface area (Å²) in [5.41, 5.74) is 2.72. The number of rotatable bonds is 5. The van der Waals surface area contributed by atoms with Crippen LogP contribution in [0.3, 0.4) is 0 Å². The van der Waals surface area contributed by atoms with Crippen LogP contribution in [0, 0.1) is 0 Å². The minimum atomic E-state index is 0.323. The summed E-state index contributed by atoms with van der Waals surface area (Å²) < 4.78 is 5.51. The maximum Gasteiger partial charge on any atom is 0.222 e. The summed E-state index contributed by atoms with van der Waals surface area (Å²) in [5, 5.41) is 0. The van der Waals surface area contributed by atoms with Gasteiger partial charge in [0.1, 0.15) is 5.76 Å². The normalized spacial score (nSPS) is 20.3. The predicted octanol–water partition coefficient (Wildman–Crippen LogP) is 3.40. The molecule has 1 saturated heterocycles. The Labute approximate surface area is 136 Å². The van der Waals surface area contributed by atoms with Crippen LogP contribution in [-0.2, 0) is 11.3 Å². The van der Waals surface area contributed by atoms with E-state index < -0.39 is 0 Å². The van der Waals surface area contributed by atoms with Crippen molar-refractivity contribution in [3.63, 3.8) is 0 Å². The van der Waals surface area contributed by atoms with Crippen LogP contribution < -0.4 is 4.90 Å². The van der Waals surface area contributed by atoms with Gasteiger partial charge in [0.05, 0.1) is 12.8 Å². The Kier molecular flexibility index (Phi) is 3.82. The highest BCUT2D eigenvalue weighted by atomic mass is 16.3. The van der Waals surface area contributed by atoms with Crippen molar-refractivity contribution in [1.82, 2.24) is 4.90 Å². The molecule has 2 aliphatic rings. The molecule has 1 aromatic carbocycles. The number of amides is 1. The third-order valence-electron chi connectivity index (χ3n) is 5.00. The molecule has 0 unspecified atom stereocenters. The number of furan rings is 1. The smallest absolute Gasteiger partial charge is 0.222 e. The third kappa shape index (κ3) is 2.85. The number of carbonyl (C=O) groups excluding carboxylic acids is 1. The molecular formula is C19H22N2O2. The van der Waals surface area contributed by atoms with Crippen molar-refractivity contribution < 1.29 is 9.21 Å². The fourth-order valence-electron chi connectivity index (χ4n) is 3.82. The van der Waals surface area contributed by atoms with E-state index in [-0.39, 0.29) is 0 Å². The van der Waals surface area contributed by atoms with E-state index in [1.165, 1.54) is 11.3 Å². The summed E-state index contributed by atoms with van der Waals surface area (Å²) in [5.74, 6) is 1.81. The molecule has 4 heteroatoms. The topological polar surface area (TPSA) is 36.7 Å². The Bertz CT molecular complexity index is 680. The number of nitrogens with zero attached hydrogens (tertiary/aromatic N) is 2. The predicted molar refractivity (Wildman–Crippen MR) is 89.4 cm³/mol. The van der Waals surface area contributed by atoms with Crippen molar-refractivity contribution in [2.45, 2.75) is 31.7 Å². The van der Waals surface area contributed by atoms with E-state index >= 15 is 0 Å². The third-order valence-corrected chi connectivity index (χ3v) is 5.00. The minimum Gasteiger partial charge on any atom is -0.467 e. The van der Waals surface area contributed by atoms with Crippen LogP contribution in [0.2, 0.25) is 0 Å². The molecule has 0 bridgehead atoms. The molecule has 1 atom stereocenters. The van der Waals surface area contributed by atoms with Crippen LogP contribution in [0.1, 0.15) is 36.5 Å². The molecule has 1 amide bonds. The highest BCUT2D eigenvalue weighted by Crippen LogP contribution is 2.39. The van der Waals surface area contributed by atoms with Gasteiger partial charge in [-0.15, -0.1) is 0 Å². The van der Waals surface area contributed by atoms with Crippen LogP contribution in [-0.4, -0.2) is 30.4 Å². The molecule has 4 rings (SSSR count). The molecule has 3 heterocycles. The lowest BCUT2D eigenvalue weighted by molar-refractivity contribution is -0.127. The lowest BCUT2D eigenvalue weighted by Gasteiger charge is -2.20. The first-order valence-electron chi connectivity index (χ1n) is 8.45. The maximum absolute atomic E-state index is 11.8. The summed E-state index contributed by atoms with van der Waals surface area (Å²) in [6.45, 7) is 3.63. The largest absolute Gasteiger partial charge is 0.467 e. The number of benzene rings is 1. The number of anilines is 1. The summed E-state index contributed by atoms with van der Waals surface area (Å²) in [6.07, 6.45) is 4.52. The first-order valence-corrected chi connectivity index (χ1v) is 8.45. The van der Waals surface area contributed by atoms with Crippen molar-refractivity contribution in [3.05, 3.63) is 54.0 Å². The van der Waals surface area contributed by atoms with E-state index in [9.17, 15) is 4.79 Å². The number of fused-ring (bicyclic) bond motifs is 1. The van der Waals surface area contributed by atoms with Gasteiger partial charge in [-0.25, -0.2) is 0 Å². The average molecular weight is 310 g/mol. The van der Waals surface area contributed by atoms with Crippen molar-refractivity contribution in [2.24, 2.45) is 0 Å². The van der Waals surface area contributed by atoms with Gasteiger partial charge in [0.15, 0.2) is 0 Å². The Morgan fingerprint density at radius 2 is 2.04 bits per heavy atom. The van der Waals surface area contributed by atoms with E-state index in [2.05, 4.69) is 29.2 Å². The van der Waals surface area contributed by atoms with Gasteiger partial charge in [-0.2, -0.15) is 0 Å². The van der Waals surface area contributed by atoms with Crippen LogP contribution in [0.5, 0.6) is 0 Å². The van der Waals surface area contributed by atoms with Gasteiger partial charge in [-0.05, 0) is 36.6 Å². The summed E-state index contributed by atoms with van der Waals surface area (Å²) in [4.78, 5) is 16.2. The van der Waals surface area contributed by atoms with Gasteiger partial charge in [0, 0.05) is 37.7 Å². The Morgan fingerprint density at radius 1 is 1.13 bits per heavy atom. The van der Waals surface area contributed by atoms with Crippen LogP contribution >= 0.6 is 0 Å². The van der Waals surface area contributed by atoms with Crippen LogP contribution in [0.4, 0.5) is 5.69 Å². The second-order valence-electron chi connectivity index (χ2n) is 6.49. The van der Waals surface area contributed by atoms with E-state index in [0.717, 1.165) is 51.2 Å². The van der Waals surface area contributed by atoms with Gasteiger partial charge in [-0.1, -0.05) is 18.2 Å². The standard InChI is InChI=1S/C19H22N2O2/c22-19-8-3-10-20(19)11-9-15-13-21(14-16-5-4-12-23-16)18-7-2-1-6-17(15)18/h1-2,4-7,12,15H,3,8-11,13-14H2/t15-/m0/s1. The molecule has 23 heavy (non-hydrogen) atoms. The molecule has 2 aliphatic heterocycles. The molecule has 1 fully saturated rings. The van der Waals surface area contributed by atoms with E-state index in [0.29, 0.717) is 11.8 Å². The highest BCUT2D eigenvalue weighted by molar-refractivity contribution is 5.78. The summed E-state index contributed by atoms with van der Waals surface area (Å²) in [6, 6.07) is 12.6. The van der Waals surface area contributed by atoms with Crippen molar-refractivity contribution in [3.8, 4) is 0 Å². The lowest BCUT2D eigenvalue weighted by Crippen LogP contribution is -2.28. The van der Waals surface area contributed by atoms with E-state index in [1.54, 1.807) is 6.26 Å². The lowest BCUT2D eigenvalue weighted by atomic mass is 9.98. The van der Waals surface area contributed by atoms with Gasteiger partial charge < -0.3 is 14.2 Å². The van der Waals surface area contributed by atoms with E-state index in [4.69, 9.17) is 4.42 Å². The monoisotopic (exact) mass is 310 g/mol. The number of carbonyl (C=O) groups is 1. The minimum absolute atomic E-state index is 0.323. The molecule has 120 valence electrons. The average Bonchev–Trinajstić information content (AvgIpc) is 3.28. The Balaban J connectivity index is 1.47. The summed E-state index contributed by atoms with van der Waals surface area (Å²) >= 11 is 0. The highest BCUT2D eigenvalue weighted by Gasteiger charge is 2.30. The number of hydrogen-bond acceptors (Lipinski definition) is 3. The quantitative estimate of drug-likeness (QED) is 0.849. The summed E-state index contributed by atoms with van der Waals surface area (Å²) in [7, 11) is 0. The zero-order chi connectivity index (χ0) is 15.6. The van der Waals surface area contributed by atoms with Crippen LogP contribution in [0.25, 0.3) is 0 Å².